The average molecular weight is 315 g/mol. The van der Waals surface area contributed by atoms with Crippen LogP contribution in [0.5, 0.6) is 0 Å². The van der Waals surface area contributed by atoms with Crippen LogP contribution in [0.1, 0.15) is 32.0 Å². The molecule has 2 aromatic rings. The largest absolute Gasteiger partial charge is 0.354 e. The zero-order valence-corrected chi connectivity index (χ0v) is 13.5. The van der Waals surface area contributed by atoms with Gasteiger partial charge in [-0.15, -0.1) is 0 Å². The molecular formula is C16H17N3O2S. The molecule has 2 rings (SSSR count). The van der Waals surface area contributed by atoms with Crippen molar-refractivity contribution in [3.63, 3.8) is 0 Å². The first kappa shape index (κ1) is 16.2. The molecule has 1 amide bonds. The monoisotopic (exact) mass is 315 g/mol. The number of carbonyl (C=O) groups excluding carboxylic acids is 2. The minimum Gasteiger partial charge on any atom is -0.354 e. The summed E-state index contributed by atoms with van der Waals surface area (Å²) in [4.78, 5) is 32.8. The topological polar surface area (TPSA) is 72.0 Å². The predicted octanol–water partition coefficient (Wildman–Crippen LogP) is 2.29. The quantitative estimate of drug-likeness (QED) is 0.521. The van der Waals surface area contributed by atoms with Gasteiger partial charge < -0.3 is 5.32 Å². The van der Waals surface area contributed by atoms with Gasteiger partial charge in [-0.05, 0) is 18.7 Å². The second-order valence-corrected chi connectivity index (χ2v) is 5.50. The lowest BCUT2D eigenvalue weighted by Gasteiger charge is -2.09. The van der Waals surface area contributed by atoms with Gasteiger partial charge in [0.1, 0.15) is 5.69 Å². The van der Waals surface area contributed by atoms with E-state index in [0.29, 0.717) is 16.3 Å². The van der Waals surface area contributed by atoms with Crippen molar-refractivity contribution < 1.29 is 9.59 Å². The zero-order valence-electron chi connectivity index (χ0n) is 12.7. The number of benzene rings is 1. The Kier molecular flexibility index (Phi) is 5.27. The summed E-state index contributed by atoms with van der Waals surface area (Å²) < 4.78 is 0. The molecule has 22 heavy (non-hydrogen) atoms. The number of ketones is 1. The van der Waals surface area contributed by atoms with Gasteiger partial charge >= 0.3 is 0 Å². The van der Waals surface area contributed by atoms with E-state index in [-0.39, 0.29) is 23.8 Å². The first-order valence-electron chi connectivity index (χ1n) is 6.77. The number of hydrogen-bond donors (Lipinski definition) is 1. The Morgan fingerprint density at radius 3 is 2.64 bits per heavy atom. The molecular weight excluding hydrogens is 298 g/mol. The third kappa shape index (κ3) is 3.51. The highest BCUT2D eigenvalue weighted by atomic mass is 32.2. The van der Waals surface area contributed by atoms with Crippen LogP contribution in [0.15, 0.2) is 35.6 Å². The summed E-state index contributed by atoms with van der Waals surface area (Å²) in [5, 5.41) is 3.05. The van der Waals surface area contributed by atoms with Crippen molar-refractivity contribution in [2.24, 2.45) is 0 Å². The number of aryl methyl sites for hydroxylation is 1. The van der Waals surface area contributed by atoms with Crippen LogP contribution >= 0.6 is 11.8 Å². The van der Waals surface area contributed by atoms with Crippen LogP contribution in [0, 0.1) is 6.92 Å². The fourth-order valence-corrected chi connectivity index (χ4v) is 2.43. The number of rotatable bonds is 5. The maximum absolute atomic E-state index is 12.5. The first-order chi connectivity index (χ1) is 10.6. The third-order valence-electron chi connectivity index (χ3n) is 3.26. The van der Waals surface area contributed by atoms with Crippen molar-refractivity contribution in [2.75, 3.05) is 13.3 Å². The third-order valence-corrected chi connectivity index (χ3v) is 3.83. The summed E-state index contributed by atoms with van der Waals surface area (Å²) in [7, 11) is 1.54. The molecule has 0 saturated heterocycles. The highest BCUT2D eigenvalue weighted by molar-refractivity contribution is 7.98. The summed E-state index contributed by atoms with van der Waals surface area (Å²) in [6, 6.07) is 7.39. The first-order valence-corrected chi connectivity index (χ1v) is 8.00. The number of Topliss-reactive ketones (excluding diaryl/α,β-unsaturated/α-hetero) is 1. The molecule has 0 fully saturated rings. The minimum absolute atomic E-state index is 0.0521. The van der Waals surface area contributed by atoms with Crippen LogP contribution in [-0.4, -0.2) is 35.0 Å². The summed E-state index contributed by atoms with van der Waals surface area (Å²) >= 11 is 1.35. The molecule has 0 saturated carbocycles. The fraction of sp³-hybridized carbons (Fsp3) is 0.250. The van der Waals surface area contributed by atoms with Gasteiger partial charge in [0.15, 0.2) is 10.9 Å². The summed E-state index contributed by atoms with van der Waals surface area (Å²) in [6.45, 7) is 1.89. The summed E-state index contributed by atoms with van der Waals surface area (Å²) in [5.74, 6) is -0.367. The number of carbonyl (C=O) groups is 2. The lowest BCUT2D eigenvalue weighted by Crippen LogP contribution is -2.23. The maximum Gasteiger partial charge on any atom is 0.270 e. The Morgan fingerprint density at radius 2 is 2.00 bits per heavy atom. The standard InChI is InChI=1S/C16H17N3O2S/c1-10-6-4-5-7-12(10)13(20)8-11-9-18-16(22-3)19-14(11)15(21)17-2/h4-7,9H,8H2,1-3H3,(H,17,21). The van der Waals surface area contributed by atoms with E-state index in [9.17, 15) is 9.59 Å². The molecule has 114 valence electrons. The van der Waals surface area contributed by atoms with E-state index in [4.69, 9.17) is 0 Å². The van der Waals surface area contributed by atoms with Crippen molar-refractivity contribution in [3.8, 4) is 0 Å². The molecule has 5 nitrogen and oxygen atoms in total. The Morgan fingerprint density at radius 1 is 1.27 bits per heavy atom. The smallest absolute Gasteiger partial charge is 0.270 e. The van der Waals surface area contributed by atoms with Gasteiger partial charge in [0, 0.05) is 30.8 Å². The van der Waals surface area contributed by atoms with Crippen LogP contribution in [-0.2, 0) is 6.42 Å². The molecule has 1 heterocycles. The SMILES string of the molecule is CNC(=O)c1nc(SC)ncc1CC(=O)c1ccccc1C. The second-order valence-electron chi connectivity index (χ2n) is 4.72. The molecule has 0 spiro atoms. The van der Waals surface area contributed by atoms with Crippen LogP contribution in [0.25, 0.3) is 0 Å². The Labute approximate surface area is 133 Å². The molecule has 0 aliphatic carbocycles. The van der Waals surface area contributed by atoms with Gasteiger partial charge in [-0.2, -0.15) is 0 Å². The summed E-state index contributed by atoms with van der Waals surface area (Å²) in [6.07, 6.45) is 3.49. The van der Waals surface area contributed by atoms with Gasteiger partial charge in [-0.1, -0.05) is 36.0 Å². The Bertz CT molecular complexity index is 716. The molecule has 0 bridgehead atoms. The predicted molar refractivity (Wildman–Crippen MR) is 86.4 cm³/mol. The summed E-state index contributed by atoms with van der Waals surface area (Å²) in [5.41, 5.74) is 2.35. The molecule has 0 atom stereocenters. The van der Waals surface area contributed by atoms with Crippen LogP contribution < -0.4 is 5.32 Å². The highest BCUT2D eigenvalue weighted by Crippen LogP contribution is 2.16. The second kappa shape index (κ2) is 7.17. The highest BCUT2D eigenvalue weighted by Gasteiger charge is 2.18. The fourth-order valence-electron chi connectivity index (χ4n) is 2.09. The molecule has 1 N–H and O–H groups in total. The Balaban J connectivity index is 2.35. The average Bonchev–Trinajstić information content (AvgIpc) is 2.54. The number of aromatic nitrogens is 2. The lowest BCUT2D eigenvalue weighted by atomic mass is 9.99. The minimum atomic E-state index is -0.315. The van der Waals surface area contributed by atoms with Crippen LogP contribution in [0.3, 0.4) is 0 Å². The van der Waals surface area contributed by atoms with Gasteiger partial charge in [-0.3, -0.25) is 9.59 Å². The normalized spacial score (nSPS) is 10.3. The number of thioether (sulfide) groups is 1. The molecule has 6 heteroatoms. The van der Waals surface area contributed by atoms with Crippen molar-refractivity contribution in [2.45, 2.75) is 18.5 Å². The Hall–Kier alpha value is -2.21. The zero-order chi connectivity index (χ0) is 16.1. The van der Waals surface area contributed by atoms with E-state index >= 15 is 0 Å². The molecule has 0 aliphatic heterocycles. The van der Waals surface area contributed by atoms with Gasteiger partial charge in [0.25, 0.3) is 5.91 Å². The van der Waals surface area contributed by atoms with Gasteiger partial charge in [0.05, 0.1) is 0 Å². The molecule has 1 aromatic carbocycles. The van der Waals surface area contributed by atoms with E-state index in [1.807, 2.05) is 31.4 Å². The molecule has 0 radical (unpaired) electrons. The lowest BCUT2D eigenvalue weighted by molar-refractivity contribution is 0.0955. The van der Waals surface area contributed by atoms with Crippen LogP contribution in [0.2, 0.25) is 0 Å². The number of hydrogen-bond acceptors (Lipinski definition) is 5. The van der Waals surface area contributed by atoms with Crippen molar-refractivity contribution in [3.05, 3.63) is 52.8 Å². The van der Waals surface area contributed by atoms with Crippen LogP contribution in [0.4, 0.5) is 0 Å². The van der Waals surface area contributed by atoms with Crippen molar-refractivity contribution in [1.29, 1.82) is 0 Å². The molecule has 1 aromatic heterocycles. The van der Waals surface area contributed by atoms with E-state index in [0.717, 1.165) is 5.56 Å². The number of nitrogens with one attached hydrogen (secondary N) is 1. The van der Waals surface area contributed by atoms with Gasteiger partial charge in [0.2, 0.25) is 0 Å². The van der Waals surface area contributed by atoms with E-state index in [1.54, 1.807) is 12.3 Å². The maximum atomic E-state index is 12.5. The molecule has 0 unspecified atom stereocenters. The molecule has 0 aliphatic rings. The van der Waals surface area contributed by atoms with Crippen molar-refractivity contribution >= 4 is 23.5 Å². The van der Waals surface area contributed by atoms with Crippen molar-refractivity contribution in [1.82, 2.24) is 15.3 Å². The van der Waals surface area contributed by atoms with Gasteiger partial charge in [-0.25, -0.2) is 9.97 Å². The number of nitrogens with zero attached hydrogens (tertiary/aromatic N) is 2. The van der Waals surface area contributed by atoms with E-state index < -0.39 is 0 Å². The van der Waals surface area contributed by atoms with E-state index in [2.05, 4.69) is 15.3 Å². The number of amides is 1. The van der Waals surface area contributed by atoms with E-state index in [1.165, 1.54) is 18.8 Å².